The van der Waals surface area contributed by atoms with E-state index in [9.17, 15) is 0 Å². The van der Waals surface area contributed by atoms with Crippen molar-refractivity contribution in [3.05, 3.63) is 0 Å². The molecule has 0 N–H and O–H groups in total. The van der Waals surface area contributed by atoms with Crippen LogP contribution in [0.3, 0.4) is 0 Å². The normalized spacial score (nSPS) is 31.0. The minimum atomic E-state index is 0.619. The van der Waals surface area contributed by atoms with Gasteiger partial charge in [-0.25, -0.2) is 0 Å². The fraction of sp³-hybridized carbons (Fsp3) is 0.920. The molecule has 2 aliphatic rings. The molecule has 0 bridgehead atoms. The fourth-order valence-electron chi connectivity index (χ4n) is 5.40. The Morgan fingerprint density at radius 1 is 0.630 bits per heavy atom. The van der Waals surface area contributed by atoms with E-state index >= 15 is 0 Å². The van der Waals surface area contributed by atoms with Crippen LogP contribution in [0.1, 0.15) is 112 Å². The summed E-state index contributed by atoms with van der Waals surface area (Å²) in [5.74, 6) is 3.40. The molecule has 27 heavy (non-hydrogen) atoms. The molecule has 0 unspecified atom stereocenters. The highest BCUT2D eigenvalue weighted by molar-refractivity contribution is 5.82. The van der Waals surface area contributed by atoms with Crippen molar-refractivity contribution in [3.63, 3.8) is 0 Å². The molecule has 0 aromatic rings. The maximum Gasteiger partial charge on any atom is 0.0499 e. The lowest BCUT2D eigenvalue weighted by Gasteiger charge is -2.33. The summed E-state index contributed by atoms with van der Waals surface area (Å²) < 4.78 is 0. The molecule has 2 rings (SSSR count). The van der Waals surface area contributed by atoms with Gasteiger partial charge in [-0.15, -0.1) is 0 Å². The van der Waals surface area contributed by atoms with Gasteiger partial charge in [-0.1, -0.05) is 27.7 Å². The van der Waals surface area contributed by atoms with E-state index in [4.69, 9.17) is 9.98 Å². The van der Waals surface area contributed by atoms with Crippen molar-refractivity contribution in [1.29, 1.82) is 0 Å². The van der Waals surface area contributed by atoms with Crippen molar-refractivity contribution in [1.82, 2.24) is 0 Å². The van der Waals surface area contributed by atoms with Gasteiger partial charge < -0.3 is 0 Å². The van der Waals surface area contributed by atoms with Crippen molar-refractivity contribution >= 4 is 11.4 Å². The van der Waals surface area contributed by atoms with Crippen LogP contribution in [0.4, 0.5) is 0 Å². The van der Waals surface area contributed by atoms with Crippen molar-refractivity contribution in [3.8, 4) is 0 Å². The molecule has 2 saturated carbocycles. The minimum Gasteiger partial charge on any atom is -0.291 e. The zero-order valence-electron chi connectivity index (χ0n) is 19.1. The first-order valence-electron chi connectivity index (χ1n) is 11.9. The summed E-state index contributed by atoms with van der Waals surface area (Å²) in [6.45, 7) is 13.6. The first-order chi connectivity index (χ1) is 12.8. The smallest absolute Gasteiger partial charge is 0.0499 e. The van der Waals surface area contributed by atoms with Crippen molar-refractivity contribution < 1.29 is 0 Å². The van der Waals surface area contributed by atoms with Crippen LogP contribution >= 0.6 is 0 Å². The maximum atomic E-state index is 5.02. The van der Waals surface area contributed by atoms with E-state index in [1.54, 1.807) is 0 Å². The summed E-state index contributed by atoms with van der Waals surface area (Å²) in [6, 6.07) is 1.24. The van der Waals surface area contributed by atoms with E-state index in [-0.39, 0.29) is 0 Å². The first-order valence-corrected chi connectivity index (χ1v) is 11.9. The molecule has 0 amide bonds. The molecule has 0 aliphatic heterocycles. The van der Waals surface area contributed by atoms with E-state index in [1.807, 2.05) is 0 Å². The molecule has 0 heterocycles. The summed E-state index contributed by atoms with van der Waals surface area (Å²) in [7, 11) is 0. The molecular formula is C25H46N2. The van der Waals surface area contributed by atoms with Gasteiger partial charge in [0.05, 0.1) is 0 Å². The second kappa shape index (κ2) is 11.4. The fourth-order valence-corrected chi connectivity index (χ4v) is 5.40. The Kier molecular flexibility index (Phi) is 9.53. The van der Waals surface area contributed by atoms with E-state index in [2.05, 4.69) is 41.5 Å². The summed E-state index contributed by atoms with van der Waals surface area (Å²) >= 11 is 0. The summed E-state index contributed by atoms with van der Waals surface area (Å²) in [5.41, 5.74) is 2.75. The van der Waals surface area contributed by atoms with Crippen LogP contribution < -0.4 is 0 Å². The van der Waals surface area contributed by atoms with Gasteiger partial charge in [0, 0.05) is 23.5 Å². The maximum absolute atomic E-state index is 5.02. The highest BCUT2D eigenvalue weighted by Crippen LogP contribution is 2.36. The van der Waals surface area contributed by atoms with Crippen LogP contribution in [0.25, 0.3) is 0 Å². The molecule has 0 aromatic heterocycles. The molecule has 0 radical (unpaired) electrons. The Morgan fingerprint density at radius 2 is 0.963 bits per heavy atom. The van der Waals surface area contributed by atoms with Crippen LogP contribution in [0.15, 0.2) is 9.98 Å². The van der Waals surface area contributed by atoms with Crippen LogP contribution in [-0.4, -0.2) is 23.5 Å². The van der Waals surface area contributed by atoms with Gasteiger partial charge in [0.2, 0.25) is 0 Å². The third-order valence-electron chi connectivity index (χ3n) is 6.51. The third-order valence-corrected chi connectivity index (χ3v) is 6.51. The number of aliphatic imine (C=N–C) groups is 2. The zero-order valence-corrected chi connectivity index (χ0v) is 19.1. The Labute approximate surface area is 169 Å². The number of rotatable bonds is 8. The molecule has 0 atom stereocenters. The van der Waals surface area contributed by atoms with Gasteiger partial charge in [0.1, 0.15) is 0 Å². The largest absolute Gasteiger partial charge is 0.291 e. The lowest BCUT2D eigenvalue weighted by atomic mass is 9.76. The van der Waals surface area contributed by atoms with Crippen molar-refractivity contribution in [2.24, 2.45) is 33.7 Å². The molecule has 2 aliphatic carbocycles. The molecule has 0 aromatic carbocycles. The van der Waals surface area contributed by atoms with Crippen LogP contribution in [0.2, 0.25) is 0 Å². The monoisotopic (exact) mass is 374 g/mol. The highest BCUT2D eigenvalue weighted by Gasteiger charge is 2.26. The van der Waals surface area contributed by atoms with E-state index in [0.717, 1.165) is 23.7 Å². The standard InChI is InChI=1S/C25H46N2/c1-18(2)15-20(5)26-24-11-7-22(8-12-24)17-23-9-13-25(14-10-23)27-21(6)16-19(3)4/h18-19,22-25H,7-17H2,1-6H3. The Morgan fingerprint density at radius 3 is 1.26 bits per heavy atom. The minimum absolute atomic E-state index is 0.619. The summed E-state index contributed by atoms with van der Waals surface area (Å²) in [6.07, 6.45) is 14.8. The second-order valence-corrected chi connectivity index (χ2v) is 10.5. The topological polar surface area (TPSA) is 24.7 Å². The SMILES string of the molecule is CC(CC(C)C)=NC1CCC(CC2CCC(N=C(C)CC(C)C)CC2)CC1. The van der Waals surface area contributed by atoms with E-state index in [0.29, 0.717) is 12.1 Å². The Hall–Kier alpha value is -0.660. The van der Waals surface area contributed by atoms with Gasteiger partial charge in [0.25, 0.3) is 0 Å². The van der Waals surface area contributed by atoms with Crippen LogP contribution in [0, 0.1) is 23.7 Å². The van der Waals surface area contributed by atoms with Crippen molar-refractivity contribution in [2.45, 2.75) is 124 Å². The Bertz CT molecular complexity index is 429. The van der Waals surface area contributed by atoms with E-state index < -0.39 is 0 Å². The van der Waals surface area contributed by atoms with Gasteiger partial charge in [-0.05, 0) is 108 Å². The number of hydrogen-bond acceptors (Lipinski definition) is 2. The average molecular weight is 375 g/mol. The third kappa shape index (κ3) is 8.92. The van der Waals surface area contributed by atoms with Gasteiger partial charge >= 0.3 is 0 Å². The summed E-state index contributed by atoms with van der Waals surface area (Å²) in [5, 5.41) is 0. The lowest BCUT2D eigenvalue weighted by molar-refractivity contribution is 0.226. The molecule has 2 fully saturated rings. The lowest BCUT2D eigenvalue weighted by Crippen LogP contribution is -2.24. The first kappa shape index (κ1) is 22.6. The van der Waals surface area contributed by atoms with Crippen LogP contribution in [0.5, 0.6) is 0 Å². The molecule has 2 nitrogen and oxygen atoms in total. The van der Waals surface area contributed by atoms with Crippen molar-refractivity contribution in [2.75, 3.05) is 0 Å². The summed E-state index contributed by atoms with van der Waals surface area (Å²) in [4.78, 5) is 10.0. The molecule has 0 spiro atoms. The van der Waals surface area contributed by atoms with E-state index in [1.165, 1.54) is 82.1 Å². The molecule has 0 saturated heterocycles. The molecule has 156 valence electrons. The van der Waals surface area contributed by atoms with Gasteiger partial charge in [0.15, 0.2) is 0 Å². The van der Waals surface area contributed by atoms with Gasteiger partial charge in [-0.2, -0.15) is 0 Å². The predicted molar refractivity (Wildman–Crippen MR) is 121 cm³/mol. The average Bonchev–Trinajstić information content (AvgIpc) is 2.57. The second-order valence-electron chi connectivity index (χ2n) is 10.5. The van der Waals surface area contributed by atoms with Gasteiger partial charge in [-0.3, -0.25) is 9.98 Å². The molecule has 2 heteroatoms. The molecular weight excluding hydrogens is 328 g/mol. The Balaban J connectivity index is 1.67. The highest BCUT2D eigenvalue weighted by atomic mass is 14.8. The number of hydrogen-bond donors (Lipinski definition) is 0. The van der Waals surface area contributed by atoms with Crippen LogP contribution in [-0.2, 0) is 0 Å². The number of nitrogens with zero attached hydrogens (tertiary/aromatic N) is 2. The zero-order chi connectivity index (χ0) is 19.8. The quantitative estimate of drug-likeness (QED) is 0.393. The predicted octanol–water partition coefficient (Wildman–Crippen LogP) is 7.51.